The fourth-order valence-electron chi connectivity index (χ4n) is 2.25. The van der Waals surface area contributed by atoms with Gasteiger partial charge in [0.25, 0.3) is 0 Å². The molecule has 24 heavy (non-hydrogen) atoms. The van der Waals surface area contributed by atoms with Crippen LogP contribution >= 0.6 is 25.3 Å². The SMILES string of the molecule is CC(C)(C)N(O)c1ccc(-c2cc(C#CS)cc(C#CS)c2)cc1. The van der Waals surface area contributed by atoms with Gasteiger partial charge >= 0.3 is 0 Å². The smallest absolute Gasteiger partial charge is 0.0640 e. The van der Waals surface area contributed by atoms with Crippen molar-refractivity contribution in [2.75, 3.05) is 5.06 Å². The molecule has 4 heteroatoms. The van der Waals surface area contributed by atoms with E-state index >= 15 is 0 Å². The lowest BCUT2D eigenvalue weighted by atomic mass is 9.99. The van der Waals surface area contributed by atoms with Crippen LogP contribution < -0.4 is 5.06 Å². The summed E-state index contributed by atoms with van der Waals surface area (Å²) in [6, 6.07) is 13.6. The Morgan fingerprint density at radius 2 is 1.33 bits per heavy atom. The van der Waals surface area contributed by atoms with Crippen LogP contribution in [0.3, 0.4) is 0 Å². The zero-order chi connectivity index (χ0) is 17.7. The van der Waals surface area contributed by atoms with Crippen molar-refractivity contribution in [3.63, 3.8) is 0 Å². The minimum Gasteiger partial charge on any atom is -0.288 e. The van der Waals surface area contributed by atoms with Crippen molar-refractivity contribution < 1.29 is 5.21 Å². The summed E-state index contributed by atoms with van der Waals surface area (Å²) in [5.41, 5.74) is 4.09. The van der Waals surface area contributed by atoms with Crippen LogP contribution in [-0.2, 0) is 0 Å². The molecule has 0 aliphatic carbocycles. The molecule has 0 aromatic heterocycles. The third-order valence-electron chi connectivity index (χ3n) is 3.41. The zero-order valence-electron chi connectivity index (χ0n) is 13.8. The van der Waals surface area contributed by atoms with Crippen LogP contribution in [-0.4, -0.2) is 10.7 Å². The van der Waals surface area contributed by atoms with E-state index in [9.17, 15) is 5.21 Å². The molecule has 0 atom stereocenters. The quantitative estimate of drug-likeness (QED) is 0.409. The molecular weight excluding hydrogens is 334 g/mol. The van der Waals surface area contributed by atoms with Crippen molar-refractivity contribution in [1.82, 2.24) is 0 Å². The molecule has 0 amide bonds. The molecule has 2 aromatic carbocycles. The Kier molecular flexibility index (Phi) is 5.91. The van der Waals surface area contributed by atoms with E-state index in [1.54, 1.807) is 0 Å². The highest BCUT2D eigenvalue weighted by Crippen LogP contribution is 2.27. The molecule has 0 bridgehead atoms. The lowest BCUT2D eigenvalue weighted by molar-refractivity contribution is 0.181. The number of anilines is 1. The first kappa shape index (κ1) is 18.4. The summed E-state index contributed by atoms with van der Waals surface area (Å²) in [6.07, 6.45) is 0. The van der Waals surface area contributed by atoms with Crippen molar-refractivity contribution in [2.45, 2.75) is 26.3 Å². The molecule has 0 spiro atoms. The first-order chi connectivity index (χ1) is 11.3. The Morgan fingerprint density at radius 1 is 0.833 bits per heavy atom. The van der Waals surface area contributed by atoms with Crippen molar-refractivity contribution in [3.05, 3.63) is 53.6 Å². The second kappa shape index (κ2) is 7.73. The molecule has 122 valence electrons. The van der Waals surface area contributed by atoms with E-state index in [0.29, 0.717) is 0 Å². The van der Waals surface area contributed by atoms with E-state index in [2.05, 4.69) is 47.6 Å². The van der Waals surface area contributed by atoms with Crippen LogP contribution in [0.5, 0.6) is 0 Å². The second-order valence-electron chi connectivity index (χ2n) is 6.30. The van der Waals surface area contributed by atoms with Crippen molar-refractivity contribution >= 4 is 30.9 Å². The summed E-state index contributed by atoms with van der Waals surface area (Å²) in [7, 11) is 0. The van der Waals surface area contributed by atoms with Gasteiger partial charge in [-0.25, -0.2) is 0 Å². The molecule has 0 heterocycles. The molecule has 0 fully saturated rings. The first-order valence-corrected chi connectivity index (χ1v) is 8.29. The largest absolute Gasteiger partial charge is 0.288 e. The molecule has 0 aliphatic rings. The summed E-state index contributed by atoms with van der Waals surface area (Å²) in [5.74, 6) is 5.88. The highest BCUT2D eigenvalue weighted by Gasteiger charge is 2.19. The average Bonchev–Trinajstić information content (AvgIpc) is 2.54. The lowest BCUT2D eigenvalue weighted by Crippen LogP contribution is -2.38. The van der Waals surface area contributed by atoms with Gasteiger partial charge in [-0.2, -0.15) is 0 Å². The number of rotatable bonds is 2. The summed E-state index contributed by atoms with van der Waals surface area (Å²) in [5, 5.41) is 16.7. The Labute approximate surface area is 154 Å². The third kappa shape index (κ3) is 4.52. The van der Waals surface area contributed by atoms with E-state index in [1.807, 2.05) is 63.2 Å². The van der Waals surface area contributed by atoms with E-state index < -0.39 is 0 Å². The number of hydroxylamine groups is 1. The Bertz CT molecular complexity index is 805. The average molecular weight is 354 g/mol. The number of thiol groups is 2. The van der Waals surface area contributed by atoms with Crippen LogP contribution in [0, 0.1) is 22.3 Å². The standard InChI is InChI=1S/C20H19NOS2/c1-20(2,3)21(22)19-6-4-17(5-7-19)18-13-15(8-10-23)12-16(14-18)9-11-24/h4-7,12-14,22-24H,1-3H3. The van der Waals surface area contributed by atoms with Gasteiger partial charge in [0.2, 0.25) is 0 Å². The van der Waals surface area contributed by atoms with E-state index in [-0.39, 0.29) is 5.54 Å². The third-order valence-corrected chi connectivity index (χ3v) is 3.64. The van der Waals surface area contributed by atoms with E-state index in [0.717, 1.165) is 27.9 Å². The molecule has 0 unspecified atom stereocenters. The summed E-state index contributed by atoms with van der Waals surface area (Å²) < 4.78 is 0. The van der Waals surface area contributed by atoms with Gasteiger partial charge in [0.15, 0.2) is 0 Å². The molecule has 2 rings (SSSR count). The molecule has 0 saturated carbocycles. The summed E-state index contributed by atoms with van der Waals surface area (Å²) >= 11 is 7.91. The van der Waals surface area contributed by atoms with E-state index in [1.165, 1.54) is 5.06 Å². The fraction of sp³-hybridized carbons (Fsp3) is 0.200. The summed E-state index contributed by atoms with van der Waals surface area (Å²) in [6.45, 7) is 5.84. The van der Waals surface area contributed by atoms with Crippen LogP contribution in [0.15, 0.2) is 42.5 Å². The van der Waals surface area contributed by atoms with Crippen molar-refractivity contribution in [2.24, 2.45) is 0 Å². The van der Waals surface area contributed by atoms with Gasteiger partial charge in [-0.1, -0.05) is 49.2 Å². The Morgan fingerprint density at radius 3 is 1.75 bits per heavy atom. The molecule has 2 aromatic rings. The number of benzene rings is 2. The highest BCUT2D eigenvalue weighted by molar-refractivity contribution is 7.85. The van der Waals surface area contributed by atoms with Crippen LogP contribution in [0.4, 0.5) is 5.69 Å². The minimum absolute atomic E-state index is 0.362. The normalized spacial score (nSPS) is 10.2. The van der Waals surface area contributed by atoms with Crippen molar-refractivity contribution in [1.29, 1.82) is 0 Å². The molecule has 1 N–H and O–H groups in total. The monoisotopic (exact) mass is 353 g/mol. The maximum atomic E-state index is 10.2. The predicted octanol–water partition coefficient (Wildman–Crippen LogP) is 4.83. The lowest BCUT2D eigenvalue weighted by Gasteiger charge is -2.31. The molecule has 0 radical (unpaired) electrons. The maximum absolute atomic E-state index is 10.2. The minimum atomic E-state index is -0.362. The first-order valence-electron chi connectivity index (χ1n) is 7.40. The Hall–Kier alpha value is -1.98. The maximum Gasteiger partial charge on any atom is 0.0640 e. The number of nitrogens with zero attached hydrogens (tertiary/aromatic N) is 1. The van der Waals surface area contributed by atoms with Crippen molar-refractivity contribution in [3.8, 4) is 33.5 Å². The van der Waals surface area contributed by atoms with E-state index in [4.69, 9.17) is 0 Å². The number of hydrogen-bond acceptors (Lipinski definition) is 4. The van der Waals surface area contributed by atoms with Gasteiger partial charge in [-0.3, -0.25) is 10.3 Å². The van der Waals surface area contributed by atoms with Gasteiger partial charge in [-0.15, -0.1) is 0 Å². The van der Waals surface area contributed by atoms with Gasteiger partial charge < -0.3 is 0 Å². The van der Waals surface area contributed by atoms with Crippen LogP contribution in [0.1, 0.15) is 31.9 Å². The van der Waals surface area contributed by atoms with Gasteiger partial charge in [0.1, 0.15) is 0 Å². The topological polar surface area (TPSA) is 23.5 Å². The number of hydrogen-bond donors (Lipinski definition) is 3. The summed E-state index contributed by atoms with van der Waals surface area (Å²) in [4.78, 5) is 0. The molecule has 0 aliphatic heterocycles. The van der Waals surface area contributed by atoms with Gasteiger partial charge in [0, 0.05) is 11.1 Å². The highest BCUT2D eigenvalue weighted by atomic mass is 32.1. The predicted molar refractivity (Wildman–Crippen MR) is 108 cm³/mol. The Balaban J connectivity index is 2.43. The molecule has 2 nitrogen and oxygen atoms in total. The van der Waals surface area contributed by atoms with Gasteiger partial charge in [-0.05, 0) is 72.7 Å². The second-order valence-corrected chi connectivity index (χ2v) is 6.75. The zero-order valence-corrected chi connectivity index (χ0v) is 15.6. The molecule has 0 saturated heterocycles. The van der Waals surface area contributed by atoms with Gasteiger partial charge in [0.05, 0.1) is 11.2 Å². The van der Waals surface area contributed by atoms with Crippen LogP contribution in [0.25, 0.3) is 11.1 Å². The molecular formula is C20H19NOS2. The van der Waals surface area contributed by atoms with Crippen LogP contribution in [0.2, 0.25) is 0 Å². The fourth-order valence-corrected chi connectivity index (χ4v) is 2.51.